The Labute approximate surface area is 106 Å². The predicted molar refractivity (Wildman–Crippen MR) is 70.6 cm³/mol. The fourth-order valence-electron chi connectivity index (χ4n) is 2.41. The van der Waals surface area contributed by atoms with E-state index in [0.717, 1.165) is 11.7 Å². The van der Waals surface area contributed by atoms with Gasteiger partial charge in [0.2, 0.25) is 0 Å². The fraction of sp³-hybridized carbons (Fsp3) is 0.462. The topological polar surface area (TPSA) is 21.1 Å². The van der Waals surface area contributed by atoms with Gasteiger partial charge in [0.25, 0.3) is 0 Å². The van der Waals surface area contributed by atoms with E-state index >= 15 is 0 Å². The van der Waals surface area contributed by atoms with Crippen molar-refractivity contribution < 1.29 is 0 Å². The molecule has 0 aliphatic carbocycles. The molecular weight excluding hydrogens is 230 g/mol. The zero-order chi connectivity index (χ0) is 11.5. The standard InChI is InChI=1S/C13H17N3S/c1-2-7-15(8-3-1)11-12-5-4-9-16(12)13-14-6-10-17-13/h4-6,9-10H,1-3,7-8,11H2. The van der Waals surface area contributed by atoms with Crippen molar-refractivity contribution in [3.05, 3.63) is 35.6 Å². The summed E-state index contributed by atoms with van der Waals surface area (Å²) in [6.07, 6.45) is 8.06. The Morgan fingerprint density at radius 1 is 1.24 bits per heavy atom. The minimum Gasteiger partial charge on any atom is -0.298 e. The van der Waals surface area contributed by atoms with E-state index < -0.39 is 0 Å². The van der Waals surface area contributed by atoms with Gasteiger partial charge in [0.1, 0.15) is 0 Å². The number of likely N-dealkylation sites (tertiary alicyclic amines) is 1. The Morgan fingerprint density at radius 2 is 2.12 bits per heavy atom. The summed E-state index contributed by atoms with van der Waals surface area (Å²) < 4.78 is 2.21. The largest absolute Gasteiger partial charge is 0.298 e. The Bertz CT molecular complexity index is 455. The lowest BCUT2D eigenvalue weighted by molar-refractivity contribution is 0.217. The summed E-state index contributed by atoms with van der Waals surface area (Å²) in [6, 6.07) is 4.32. The highest BCUT2D eigenvalue weighted by atomic mass is 32.1. The summed E-state index contributed by atoms with van der Waals surface area (Å²) in [5.41, 5.74) is 1.35. The molecule has 0 bridgehead atoms. The molecule has 3 heterocycles. The summed E-state index contributed by atoms with van der Waals surface area (Å²) in [7, 11) is 0. The van der Waals surface area contributed by atoms with Gasteiger partial charge in [-0.15, -0.1) is 11.3 Å². The van der Waals surface area contributed by atoms with Crippen LogP contribution in [-0.4, -0.2) is 27.5 Å². The normalized spacial score (nSPS) is 17.4. The van der Waals surface area contributed by atoms with Gasteiger partial charge < -0.3 is 0 Å². The molecule has 1 aliphatic rings. The van der Waals surface area contributed by atoms with Crippen molar-refractivity contribution in [1.82, 2.24) is 14.5 Å². The van der Waals surface area contributed by atoms with Gasteiger partial charge in [-0.3, -0.25) is 9.47 Å². The lowest BCUT2D eigenvalue weighted by atomic mass is 10.1. The average Bonchev–Trinajstić information content (AvgIpc) is 3.00. The highest BCUT2D eigenvalue weighted by molar-refractivity contribution is 7.12. The Kier molecular flexibility index (Phi) is 3.25. The summed E-state index contributed by atoms with van der Waals surface area (Å²) >= 11 is 1.69. The zero-order valence-corrected chi connectivity index (χ0v) is 10.7. The summed E-state index contributed by atoms with van der Waals surface area (Å²) in [6.45, 7) is 3.53. The van der Waals surface area contributed by atoms with Gasteiger partial charge in [-0.25, -0.2) is 4.98 Å². The van der Waals surface area contributed by atoms with Gasteiger partial charge in [0.15, 0.2) is 5.13 Å². The van der Waals surface area contributed by atoms with Crippen LogP contribution in [0.3, 0.4) is 0 Å². The van der Waals surface area contributed by atoms with Gasteiger partial charge in [0, 0.05) is 30.0 Å². The van der Waals surface area contributed by atoms with Crippen LogP contribution < -0.4 is 0 Å². The van der Waals surface area contributed by atoms with E-state index in [1.165, 1.54) is 38.0 Å². The number of hydrogen-bond acceptors (Lipinski definition) is 3. The highest BCUT2D eigenvalue weighted by Crippen LogP contribution is 2.18. The first-order valence-electron chi connectivity index (χ1n) is 6.22. The van der Waals surface area contributed by atoms with Crippen LogP contribution in [0.15, 0.2) is 29.9 Å². The molecule has 0 saturated carbocycles. The minimum absolute atomic E-state index is 1.05. The molecule has 2 aromatic heterocycles. The van der Waals surface area contributed by atoms with Crippen molar-refractivity contribution in [3.8, 4) is 5.13 Å². The van der Waals surface area contributed by atoms with Gasteiger partial charge >= 0.3 is 0 Å². The number of aromatic nitrogens is 2. The molecular formula is C13H17N3S. The van der Waals surface area contributed by atoms with Crippen LogP contribution >= 0.6 is 11.3 Å². The summed E-state index contributed by atoms with van der Waals surface area (Å²) in [4.78, 5) is 6.92. The van der Waals surface area contributed by atoms with Crippen LogP contribution in [0.5, 0.6) is 0 Å². The second-order valence-corrected chi connectivity index (χ2v) is 5.39. The second kappa shape index (κ2) is 5.02. The Morgan fingerprint density at radius 3 is 2.88 bits per heavy atom. The average molecular weight is 247 g/mol. The molecule has 90 valence electrons. The van der Waals surface area contributed by atoms with Crippen molar-refractivity contribution in [1.29, 1.82) is 0 Å². The van der Waals surface area contributed by atoms with Crippen LogP contribution in [0.25, 0.3) is 5.13 Å². The molecule has 1 fully saturated rings. The minimum atomic E-state index is 1.05. The fourth-order valence-corrected chi connectivity index (χ4v) is 3.07. The van der Waals surface area contributed by atoms with Crippen LogP contribution in [0.2, 0.25) is 0 Å². The molecule has 0 N–H and O–H groups in total. The van der Waals surface area contributed by atoms with Gasteiger partial charge in [0.05, 0.1) is 0 Å². The monoisotopic (exact) mass is 247 g/mol. The second-order valence-electron chi connectivity index (χ2n) is 4.52. The van der Waals surface area contributed by atoms with Crippen LogP contribution in [0.4, 0.5) is 0 Å². The van der Waals surface area contributed by atoms with E-state index in [1.54, 1.807) is 11.3 Å². The maximum Gasteiger partial charge on any atom is 0.193 e. The molecule has 0 atom stereocenters. The quantitative estimate of drug-likeness (QED) is 0.831. The molecule has 0 spiro atoms. The van der Waals surface area contributed by atoms with E-state index in [9.17, 15) is 0 Å². The Balaban J connectivity index is 1.77. The molecule has 17 heavy (non-hydrogen) atoms. The first-order valence-corrected chi connectivity index (χ1v) is 7.10. The number of rotatable bonds is 3. The first-order chi connectivity index (χ1) is 8.43. The SMILES string of the molecule is c1cc(CN2CCCCC2)n(-c2nccs2)c1. The number of piperidine rings is 1. The van der Waals surface area contributed by atoms with Gasteiger partial charge in [-0.2, -0.15) is 0 Å². The molecule has 4 heteroatoms. The van der Waals surface area contributed by atoms with Gasteiger partial charge in [-0.1, -0.05) is 6.42 Å². The third kappa shape index (κ3) is 2.42. The summed E-state index contributed by atoms with van der Waals surface area (Å²) in [5.74, 6) is 0. The molecule has 0 amide bonds. The molecule has 0 aromatic carbocycles. The molecule has 2 aromatic rings. The molecule has 3 rings (SSSR count). The maximum absolute atomic E-state index is 4.38. The molecule has 0 radical (unpaired) electrons. The molecule has 0 unspecified atom stereocenters. The lowest BCUT2D eigenvalue weighted by Crippen LogP contribution is -2.29. The molecule has 1 aliphatic heterocycles. The summed E-state index contributed by atoms with van der Waals surface area (Å²) in [5, 5.41) is 3.10. The van der Waals surface area contributed by atoms with Crippen molar-refractivity contribution in [2.45, 2.75) is 25.8 Å². The van der Waals surface area contributed by atoms with Crippen molar-refractivity contribution in [2.75, 3.05) is 13.1 Å². The van der Waals surface area contributed by atoms with Crippen LogP contribution in [0.1, 0.15) is 25.0 Å². The number of nitrogens with zero attached hydrogens (tertiary/aromatic N) is 3. The number of thiazole rings is 1. The Hall–Kier alpha value is -1.13. The maximum atomic E-state index is 4.38. The van der Waals surface area contributed by atoms with E-state index in [2.05, 4.69) is 32.8 Å². The third-order valence-corrected chi connectivity index (χ3v) is 4.06. The lowest BCUT2D eigenvalue weighted by Gasteiger charge is -2.26. The van der Waals surface area contributed by atoms with E-state index in [0.29, 0.717) is 0 Å². The van der Waals surface area contributed by atoms with Crippen molar-refractivity contribution in [2.24, 2.45) is 0 Å². The third-order valence-electron chi connectivity index (χ3n) is 3.29. The van der Waals surface area contributed by atoms with E-state index in [-0.39, 0.29) is 0 Å². The highest BCUT2D eigenvalue weighted by Gasteiger charge is 2.13. The predicted octanol–water partition coefficient (Wildman–Crippen LogP) is 2.92. The smallest absolute Gasteiger partial charge is 0.193 e. The molecule has 1 saturated heterocycles. The van der Waals surface area contributed by atoms with Crippen LogP contribution in [-0.2, 0) is 6.54 Å². The van der Waals surface area contributed by atoms with Crippen molar-refractivity contribution in [3.63, 3.8) is 0 Å². The number of hydrogen-bond donors (Lipinski definition) is 0. The van der Waals surface area contributed by atoms with E-state index in [1.807, 2.05) is 11.6 Å². The van der Waals surface area contributed by atoms with E-state index in [4.69, 9.17) is 0 Å². The first kappa shape index (κ1) is 11.0. The molecule has 3 nitrogen and oxygen atoms in total. The van der Waals surface area contributed by atoms with Crippen molar-refractivity contribution >= 4 is 11.3 Å². The van der Waals surface area contributed by atoms with Crippen LogP contribution in [0, 0.1) is 0 Å². The zero-order valence-electron chi connectivity index (χ0n) is 9.88. The van der Waals surface area contributed by atoms with Gasteiger partial charge in [-0.05, 0) is 38.1 Å².